The summed E-state index contributed by atoms with van der Waals surface area (Å²) in [5.74, 6) is -0.308. The van der Waals surface area contributed by atoms with Crippen molar-refractivity contribution >= 4 is 23.4 Å². The van der Waals surface area contributed by atoms with Crippen molar-refractivity contribution in [2.24, 2.45) is 0 Å². The predicted molar refractivity (Wildman–Crippen MR) is 130 cm³/mol. The van der Waals surface area contributed by atoms with Crippen LogP contribution in [0.5, 0.6) is 0 Å². The van der Waals surface area contributed by atoms with Gasteiger partial charge in [-0.2, -0.15) is 0 Å². The minimum absolute atomic E-state index is 0.0781. The number of rotatable bonds is 6. The summed E-state index contributed by atoms with van der Waals surface area (Å²) in [5.41, 5.74) is 3.86. The number of amides is 2. The highest BCUT2D eigenvalue weighted by Gasteiger charge is 2.52. The molecule has 3 atom stereocenters. The molecule has 0 radical (unpaired) electrons. The minimum atomic E-state index is -1.12. The van der Waals surface area contributed by atoms with Crippen molar-refractivity contribution in [2.75, 3.05) is 43.6 Å². The summed E-state index contributed by atoms with van der Waals surface area (Å²) in [7, 11) is 4.22. The van der Waals surface area contributed by atoms with Gasteiger partial charge in [0.15, 0.2) is 0 Å². The normalized spacial score (nSPS) is 26.1. The second kappa shape index (κ2) is 8.60. The Kier molecular flexibility index (Phi) is 5.73. The number of hydroxylamine groups is 2. The lowest BCUT2D eigenvalue weighted by atomic mass is 9.81. The standard InChI is InChI=1S/C26H32N4O4/c1-26-13-15-27(2)24(26)28(3)21-10-9-19(17-20(21)26)30(25(32)33)22-11-14-29(23(22)31)34-16-12-18-7-5-4-6-8-18/h4-10,17,22,24H,11-16H2,1-3H3,(H,32,33)/t22-,24-,26+/m1/s1. The lowest BCUT2D eigenvalue weighted by Gasteiger charge is -2.32. The Bertz CT molecular complexity index is 1090. The third-order valence-corrected chi connectivity index (χ3v) is 7.73. The van der Waals surface area contributed by atoms with Gasteiger partial charge < -0.3 is 10.0 Å². The van der Waals surface area contributed by atoms with Gasteiger partial charge in [0, 0.05) is 30.4 Å². The van der Waals surface area contributed by atoms with Gasteiger partial charge in [-0.15, -0.1) is 0 Å². The molecule has 8 nitrogen and oxygen atoms in total. The maximum absolute atomic E-state index is 13.1. The number of hydrogen-bond acceptors (Lipinski definition) is 5. The number of benzene rings is 2. The van der Waals surface area contributed by atoms with Crippen molar-refractivity contribution in [2.45, 2.75) is 43.8 Å². The first kappa shape index (κ1) is 22.7. The van der Waals surface area contributed by atoms with E-state index in [4.69, 9.17) is 4.84 Å². The number of likely N-dealkylation sites (tertiary alicyclic amines) is 1. The molecule has 2 fully saturated rings. The summed E-state index contributed by atoms with van der Waals surface area (Å²) in [6.07, 6.45) is 1.22. The zero-order valence-corrected chi connectivity index (χ0v) is 20.0. The molecule has 2 amide bonds. The van der Waals surface area contributed by atoms with Gasteiger partial charge >= 0.3 is 6.09 Å². The van der Waals surface area contributed by atoms with E-state index in [1.54, 1.807) is 0 Å². The molecule has 0 bridgehead atoms. The Morgan fingerprint density at radius 2 is 1.94 bits per heavy atom. The third-order valence-electron chi connectivity index (χ3n) is 7.73. The molecule has 3 aliphatic rings. The fourth-order valence-electron chi connectivity index (χ4n) is 6.06. The van der Waals surface area contributed by atoms with E-state index in [9.17, 15) is 14.7 Å². The van der Waals surface area contributed by atoms with Crippen molar-refractivity contribution in [1.82, 2.24) is 9.96 Å². The van der Waals surface area contributed by atoms with Gasteiger partial charge in [0.1, 0.15) is 6.04 Å². The maximum Gasteiger partial charge on any atom is 0.412 e. The molecule has 0 saturated carbocycles. The van der Waals surface area contributed by atoms with Crippen molar-refractivity contribution in [3.05, 3.63) is 59.7 Å². The number of nitrogens with zero attached hydrogens (tertiary/aromatic N) is 4. The lowest BCUT2D eigenvalue weighted by Crippen LogP contribution is -2.45. The van der Waals surface area contributed by atoms with E-state index in [1.807, 2.05) is 48.5 Å². The second-order valence-electron chi connectivity index (χ2n) is 9.80. The number of carboxylic acid groups (broad SMARTS) is 1. The summed E-state index contributed by atoms with van der Waals surface area (Å²) in [5, 5.41) is 11.4. The van der Waals surface area contributed by atoms with Crippen LogP contribution in [0.3, 0.4) is 0 Å². The average molecular weight is 465 g/mol. The molecule has 34 heavy (non-hydrogen) atoms. The van der Waals surface area contributed by atoms with Crippen molar-refractivity contribution < 1.29 is 19.5 Å². The van der Waals surface area contributed by atoms with E-state index in [1.165, 1.54) is 9.96 Å². The first-order chi connectivity index (χ1) is 16.3. The van der Waals surface area contributed by atoms with Gasteiger partial charge in [-0.05, 0) is 55.6 Å². The maximum atomic E-state index is 13.1. The van der Waals surface area contributed by atoms with E-state index in [0.29, 0.717) is 31.7 Å². The minimum Gasteiger partial charge on any atom is -0.465 e. The molecule has 5 rings (SSSR count). The Hall–Kier alpha value is -3.10. The Morgan fingerprint density at radius 3 is 2.68 bits per heavy atom. The summed E-state index contributed by atoms with van der Waals surface area (Å²) in [4.78, 5) is 37.1. The first-order valence-electron chi connectivity index (χ1n) is 11.9. The monoisotopic (exact) mass is 464 g/mol. The van der Waals surface area contributed by atoms with E-state index in [-0.39, 0.29) is 17.5 Å². The Balaban J connectivity index is 1.34. The van der Waals surface area contributed by atoms with Crippen LogP contribution in [0.15, 0.2) is 48.5 Å². The smallest absolute Gasteiger partial charge is 0.412 e. The summed E-state index contributed by atoms with van der Waals surface area (Å²) < 4.78 is 0. The van der Waals surface area contributed by atoms with Crippen LogP contribution >= 0.6 is 0 Å². The van der Waals surface area contributed by atoms with Crippen LogP contribution in [0.2, 0.25) is 0 Å². The Labute approximate surface area is 200 Å². The first-order valence-corrected chi connectivity index (χ1v) is 11.9. The van der Waals surface area contributed by atoms with Crippen molar-refractivity contribution in [3.8, 4) is 0 Å². The number of hydrogen-bond donors (Lipinski definition) is 1. The number of fused-ring (bicyclic) bond motifs is 3. The SMILES string of the molecule is CN1CC[C@@]2(C)c3cc(N(C(=O)O)[C@@H]4CCN(OCCc5ccccc5)C4=O)ccc3N(C)[C@@H]12. The van der Waals surface area contributed by atoms with Gasteiger partial charge in [-0.3, -0.25) is 19.4 Å². The van der Waals surface area contributed by atoms with Crippen LogP contribution in [0.25, 0.3) is 0 Å². The molecule has 2 aromatic carbocycles. The Morgan fingerprint density at radius 1 is 1.18 bits per heavy atom. The molecule has 0 unspecified atom stereocenters. The molecule has 0 spiro atoms. The molecule has 8 heteroatoms. The van der Waals surface area contributed by atoms with Crippen LogP contribution in [0.1, 0.15) is 30.9 Å². The van der Waals surface area contributed by atoms with E-state index < -0.39 is 12.1 Å². The molecule has 2 saturated heterocycles. The summed E-state index contributed by atoms with van der Waals surface area (Å²) in [6.45, 7) is 3.99. The van der Waals surface area contributed by atoms with Gasteiger partial charge in [-0.1, -0.05) is 37.3 Å². The zero-order chi connectivity index (χ0) is 24.0. The molecule has 0 aromatic heterocycles. The predicted octanol–water partition coefficient (Wildman–Crippen LogP) is 3.32. The van der Waals surface area contributed by atoms with Crippen LogP contribution < -0.4 is 9.80 Å². The number of carbonyl (C=O) groups is 2. The number of anilines is 2. The van der Waals surface area contributed by atoms with Gasteiger partial charge in [0.25, 0.3) is 5.91 Å². The highest BCUT2D eigenvalue weighted by molar-refractivity contribution is 5.97. The van der Waals surface area contributed by atoms with E-state index in [2.05, 4.69) is 30.8 Å². The topological polar surface area (TPSA) is 76.6 Å². The van der Waals surface area contributed by atoms with Gasteiger partial charge in [0.05, 0.1) is 19.3 Å². The molecular formula is C26H32N4O4. The van der Waals surface area contributed by atoms with Crippen molar-refractivity contribution in [1.29, 1.82) is 0 Å². The molecule has 1 N–H and O–H groups in total. The van der Waals surface area contributed by atoms with E-state index in [0.717, 1.165) is 29.8 Å². The molecule has 3 heterocycles. The van der Waals surface area contributed by atoms with Crippen LogP contribution in [0, 0.1) is 0 Å². The fourth-order valence-corrected chi connectivity index (χ4v) is 6.06. The zero-order valence-electron chi connectivity index (χ0n) is 20.0. The molecule has 3 aliphatic heterocycles. The molecule has 0 aliphatic carbocycles. The molecule has 180 valence electrons. The van der Waals surface area contributed by atoms with Crippen molar-refractivity contribution in [3.63, 3.8) is 0 Å². The third kappa shape index (κ3) is 3.61. The average Bonchev–Trinajstić information content (AvgIpc) is 3.40. The van der Waals surface area contributed by atoms with Crippen LogP contribution in [0.4, 0.5) is 16.2 Å². The largest absolute Gasteiger partial charge is 0.465 e. The van der Waals surface area contributed by atoms with Gasteiger partial charge in [0.2, 0.25) is 0 Å². The van der Waals surface area contributed by atoms with Crippen LogP contribution in [-0.4, -0.2) is 73.1 Å². The summed E-state index contributed by atoms with van der Waals surface area (Å²) >= 11 is 0. The lowest BCUT2D eigenvalue weighted by molar-refractivity contribution is -0.177. The molecule has 2 aromatic rings. The van der Waals surface area contributed by atoms with Crippen LogP contribution in [-0.2, 0) is 21.5 Å². The number of likely N-dealkylation sites (N-methyl/N-ethyl adjacent to an activating group) is 2. The highest BCUT2D eigenvalue weighted by atomic mass is 16.7. The fraction of sp³-hybridized carbons (Fsp3) is 0.462. The highest BCUT2D eigenvalue weighted by Crippen LogP contribution is 2.51. The summed E-state index contributed by atoms with van der Waals surface area (Å²) in [6, 6.07) is 14.9. The number of carbonyl (C=O) groups excluding carboxylic acids is 1. The van der Waals surface area contributed by atoms with Gasteiger partial charge in [-0.25, -0.2) is 9.86 Å². The molecular weight excluding hydrogens is 432 g/mol. The quantitative estimate of drug-likeness (QED) is 0.707. The second-order valence-corrected chi connectivity index (χ2v) is 9.80. The van der Waals surface area contributed by atoms with E-state index >= 15 is 0 Å².